The second-order valence-electron chi connectivity index (χ2n) is 6.96. The van der Waals surface area contributed by atoms with Crippen LogP contribution in [0.5, 0.6) is 0 Å². The van der Waals surface area contributed by atoms with Crippen LogP contribution in [0.4, 0.5) is 4.79 Å². The third kappa shape index (κ3) is 2.73. The highest BCUT2D eigenvalue weighted by molar-refractivity contribution is 6.03. The van der Waals surface area contributed by atoms with Gasteiger partial charge in [-0.25, -0.2) is 4.79 Å². The van der Waals surface area contributed by atoms with Gasteiger partial charge in [0.05, 0.1) is 5.60 Å². The summed E-state index contributed by atoms with van der Waals surface area (Å²) < 4.78 is 0. The molecule has 2 unspecified atom stereocenters. The lowest BCUT2D eigenvalue weighted by Crippen LogP contribution is -2.41. The highest BCUT2D eigenvalue weighted by Crippen LogP contribution is 2.36. The Bertz CT molecular complexity index is 579. The fraction of sp³-hybridized carbons (Fsp3) is 0.529. The fourth-order valence-corrected chi connectivity index (χ4v) is 3.16. The van der Waals surface area contributed by atoms with Crippen LogP contribution in [0.25, 0.3) is 0 Å². The second kappa shape index (κ2) is 5.39. The van der Waals surface area contributed by atoms with Crippen molar-refractivity contribution in [3.63, 3.8) is 0 Å². The summed E-state index contributed by atoms with van der Waals surface area (Å²) in [6.45, 7) is 6.09. The highest BCUT2D eigenvalue weighted by Gasteiger charge is 2.50. The fourth-order valence-electron chi connectivity index (χ4n) is 3.16. The number of benzene rings is 1. The van der Waals surface area contributed by atoms with E-state index in [0.29, 0.717) is 18.9 Å². The summed E-state index contributed by atoms with van der Waals surface area (Å²) in [4.78, 5) is 32.1. The molecule has 5 nitrogen and oxygen atoms in total. The summed E-state index contributed by atoms with van der Waals surface area (Å²) in [5, 5.41) is 0.956. The van der Waals surface area contributed by atoms with E-state index in [2.05, 4.69) is 12.1 Å². The predicted octanol–water partition coefficient (Wildman–Crippen LogP) is 2.93. The van der Waals surface area contributed by atoms with Gasteiger partial charge in [-0.05, 0) is 45.1 Å². The van der Waals surface area contributed by atoms with E-state index in [1.165, 1.54) is 5.56 Å². The Balaban J connectivity index is 1.77. The molecule has 3 rings (SSSR count). The lowest BCUT2D eigenvalue weighted by molar-refractivity contribution is -0.197. The van der Waals surface area contributed by atoms with Gasteiger partial charge < -0.3 is 4.90 Å². The van der Waals surface area contributed by atoms with Gasteiger partial charge in [0.25, 0.3) is 5.91 Å². The van der Waals surface area contributed by atoms with Crippen LogP contribution in [0.1, 0.15) is 45.1 Å². The van der Waals surface area contributed by atoms with Crippen LogP contribution in [0.2, 0.25) is 0 Å². The van der Waals surface area contributed by atoms with E-state index in [-0.39, 0.29) is 11.9 Å². The van der Waals surface area contributed by atoms with Crippen molar-refractivity contribution in [1.82, 2.24) is 9.96 Å². The lowest BCUT2D eigenvalue weighted by atomic mass is 9.86. The maximum atomic E-state index is 12.5. The molecular formula is C17H22N2O3. The van der Waals surface area contributed by atoms with Gasteiger partial charge in [0.1, 0.15) is 6.04 Å². The van der Waals surface area contributed by atoms with E-state index in [9.17, 15) is 9.59 Å². The number of hydrogen-bond acceptors (Lipinski definition) is 3. The molecule has 22 heavy (non-hydrogen) atoms. The number of hydroxylamine groups is 2. The van der Waals surface area contributed by atoms with Gasteiger partial charge in [0.15, 0.2) is 0 Å². The Labute approximate surface area is 130 Å². The number of hydrogen-bond donors (Lipinski definition) is 0. The van der Waals surface area contributed by atoms with Crippen molar-refractivity contribution in [2.45, 2.75) is 51.2 Å². The second-order valence-corrected chi connectivity index (χ2v) is 6.96. The van der Waals surface area contributed by atoms with Gasteiger partial charge >= 0.3 is 6.03 Å². The summed E-state index contributed by atoms with van der Waals surface area (Å²) in [7, 11) is 0. The van der Waals surface area contributed by atoms with E-state index in [4.69, 9.17) is 4.84 Å². The molecule has 0 saturated carbocycles. The molecule has 0 aliphatic carbocycles. The van der Waals surface area contributed by atoms with Crippen molar-refractivity contribution in [1.29, 1.82) is 0 Å². The number of piperidine rings is 1. The van der Waals surface area contributed by atoms with Gasteiger partial charge in [-0.3, -0.25) is 9.63 Å². The molecule has 3 amide bonds. The van der Waals surface area contributed by atoms with Gasteiger partial charge in [0, 0.05) is 6.54 Å². The zero-order chi connectivity index (χ0) is 15.9. The number of imide groups is 1. The Morgan fingerprint density at radius 3 is 2.45 bits per heavy atom. The minimum atomic E-state index is -0.571. The standard InChI is InChI=1S/C17H22N2O3/c1-17(2,3)22-19-15(20)14-11-13(9-10-18(14)16(19)21)12-7-5-4-6-8-12/h4-8,13-14H,9-11H2,1-3H3. The molecule has 1 aromatic carbocycles. The minimum absolute atomic E-state index is 0.236. The third-order valence-corrected chi connectivity index (χ3v) is 4.14. The van der Waals surface area contributed by atoms with E-state index >= 15 is 0 Å². The number of fused-ring (bicyclic) bond motifs is 1. The normalized spacial score (nSPS) is 25.6. The predicted molar refractivity (Wildman–Crippen MR) is 82.0 cm³/mol. The maximum absolute atomic E-state index is 12.5. The summed E-state index contributed by atoms with van der Waals surface area (Å²) >= 11 is 0. The molecule has 2 aliphatic rings. The Kier molecular flexibility index (Phi) is 3.68. The molecule has 2 aliphatic heterocycles. The van der Waals surface area contributed by atoms with Crippen molar-refractivity contribution in [2.24, 2.45) is 0 Å². The van der Waals surface area contributed by atoms with Gasteiger partial charge in [-0.15, -0.1) is 5.06 Å². The topological polar surface area (TPSA) is 49.9 Å². The summed E-state index contributed by atoms with van der Waals surface area (Å²) in [5.74, 6) is 0.0781. The number of rotatable bonds is 2. The number of urea groups is 1. The Hall–Kier alpha value is -1.88. The van der Waals surface area contributed by atoms with E-state index in [1.54, 1.807) is 4.90 Å². The van der Waals surface area contributed by atoms with E-state index < -0.39 is 11.6 Å². The first-order chi connectivity index (χ1) is 10.4. The van der Waals surface area contributed by atoms with Crippen molar-refractivity contribution in [2.75, 3.05) is 6.54 Å². The molecule has 2 atom stereocenters. The monoisotopic (exact) mass is 302 g/mol. The van der Waals surface area contributed by atoms with Crippen LogP contribution in [-0.4, -0.2) is 40.1 Å². The van der Waals surface area contributed by atoms with E-state index in [0.717, 1.165) is 11.5 Å². The molecule has 0 spiro atoms. The molecule has 0 bridgehead atoms. The van der Waals surface area contributed by atoms with Gasteiger partial charge in [-0.2, -0.15) is 0 Å². The average molecular weight is 302 g/mol. The molecule has 0 N–H and O–H groups in total. The zero-order valence-corrected chi connectivity index (χ0v) is 13.3. The van der Waals surface area contributed by atoms with Crippen LogP contribution in [0, 0.1) is 0 Å². The van der Waals surface area contributed by atoms with Crippen LogP contribution < -0.4 is 0 Å². The van der Waals surface area contributed by atoms with Crippen LogP contribution in [-0.2, 0) is 9.63 Å². The van der Waals surface area contributed by atoms with Crippen molar-refractivity contribution >= 4 is 11.9 Å². The van der Waals surface area contributed by atoms with Crippen LogP contribution in [0.15, 0.2) is 30.3 Å². The summed E-state index contributed by atoms with van der Waals surface area (Å²) in [5.41, 5.74) is 0.663. The molecule has 2 saturated heterocycles. The number of nitrogens with zero attached hydrogens (tertiary/aromatic N) is 2. The Morgan fingerprint density at radius 1 is 1.14 bits per heavy atom. The smallest absolute Gasteiger partial charge is 0.310 e. The first-order valence-electron chi connectivity index (χ1n) is 7.75. The molecular weight excluding hydrogens is 280 g/mol. The van der Waals surface area contributed by atoms with Crippen molar-refractivity contribution < 1.29 is 14.4 Å². The quantitative estimate of drug-likeness (QED) is 0.789. The number of carbonyl (C=O) groups excluding carboxylic acids is 2. The van der Waals surface area contributed by atoms with Crippen LogP contribution >= 0.6 is 0 Å². The molecule has 118 valence electrons. The lowest BCUT2D eigenvalue weighted by Gasteiger charge is -2.32. The SMILES string of the molecule is CC(C)(C)ON1C(=O)C2CC(c3ccccc3)CCN2C1=O. The summed E-state index contributed by atoms with van der Waals surface area (Å²) in [6.07, 6.45) is 1.54. The van der Waals surface area contributed by atoms with E-state index in [1.807, 2.05) is 39.0 Å². The molecule has 5 heteroatoms. The zero-order valence-electron chi connectivity index (χ0n) is 13.3. The van der Waals surface area contributed by atoms with Crippen molar-refractivity contribution in [3.05, 3.63) is 35.9 Å². The minimum Gasteiger partial charge on any atom is -0.310 e. The Morgan fingerprint density at radius 2 is 1.82 bits per heavy atom. The number of amides is 3. The molecule has 2 fully saturated rings. The molecule has 2 heterocycles. The number of carbonyl (C=O) groups is 2. The van der Waals surface area contributed by atoms with Gasteiger partial charge in [0.2, 0.25) is 0 Å². The third-order valence-electron chi connectivity index (χ3n) is 4.14. The molecule has 0 radical (unpaired) electrons. The first-order valence-corrected chi connectivity index (χ1v) is 7.75. The maximum Gasteiger partial charge on any atom is 0.352 e. The summed E-state index contributed by atoms with van der Waals surface area (Å²) in [6, 6.07) is 9.47. The van der Waals surface area contributed by atoms with Crippen molar-refractivity contribution in [3.8, 4) is 0 Å². The van der Waals surface area contributed by atoms with Gasteiger partial charge in [-0.1, -0.05) is 30.3 Å². The highest BCUT2D eigenvalue weighted by atomic mass is 16.7. The van der Waals surface area contributed by atoms with Crippen LogP contribution in [0.3, 0.4) is 0 Å². The molecule has 0 aromatic heterocycles. The average Bonchev–Trinajstić information content (AvgIpc) is 2.71. The first kappa shape index (κ1) is 15.0. The largest absolute Gasteiger partial charge is 0.352 e. The molecule has 1 aromatic rings.